The van der Waals surface area contributed by atoms with Crippen LogP contribution in [0.15, 0.2) is 48.5 Å². The molecule has 2 aromatic rings. The van der Waals surface area contributed by atoms with Gasteiger partial charge >= 0.3 is 5.97 Å². The topological polar surface area (TPSA) is 57.6 Å². The van der Waals surface area contributed by atoms with Gasteiger partial charge in [-0.05, 0) is 35.7 Å². The molecule has 0 spiro atoms. The van der Waals surface area contributed by atoms with Crippen LogP contribution in [-0.4, -0.2) is 23.0 Å². The van der Waals surface area contributed by atoms with Crippen molar-refractivity contribution in [3.8, 4) is 0 Å². The average Bonchev–Trinajstić information content (AvgIpc) is 2.81. The number of fused-ring (bicyclic) bond motifs is 1. The summed E-state index contributed by atoms with van der Waals surface area (Å²) in [5.74, 6) is -1.74. The zero-order chi connectivity index (χ0) is 16.6. The molecule has 0 bridgehead atoms. The maximum atomic E-state index is 13.0. The number of anilines is 1. The monoisotopic (exact) mass is 329 g/mol. The Morgan fingerprint density at radius 1 is 1.26 bits per heavy atom. The molecule has 0 aromatic heterocycles. The van der Waals surface area contributed by atoms with E-state index < -0.39 is 17.9 Å². The van der Waals surface area contributed by atoms with Crippen LogP contribution in [0.3, 0.4) is 0 Å². The first-order valence-corrected chi connectivity index (χ1v) is 7.82. The van der Waals surface area contributed by atoms with E-state index in [2.05, 4.69) is 0 Å². The molecular formula is C18H16ClNO3. The number of carboxylic acid groups (broad SMARTS) is 1. The van der Waals surface area contributed by atoms with Gasteiger partial charge in [-0.15, -0.1) is 0 Å². The molecule has 3 rings (SSSR count). The maximum Gasteiger partial charge on any atom is 0.326 e. The summed E-state index contributed by atoms with van der Waals surface area (Å²) in [6.07, 6.45) is 0.338. The summed E-state index contributed by atoms with van der Waals surface area (Å²) < 4.78 is 0. The summed E-state index contributed by atoms with van der Waals surface area (Å²) in [5.41, 5.74) is 2.22. The Balaban J connectivity index is 2.16. The van der Waals surface area contributed by atoms with Crippen LogP contribution in [0, 0.1) is 0 Å². The van der Waals surface area contributed by atoms with E-state index in [-0.39, 0.29) is 5.91 Å². The Bertz CT molecular complexity index is 760. The Morgan fingerprint density at radius 2 is 1.96 bits per heavy atom. The summed E-state index contributed by atoms with van der Waals surface area (Å²) in [7, 11) is 0. The molecule has 1 heterocycles. The van der Waals surface area contributed by atoms with Crippen LogP contribution < -0.4 is 4.90 Å². The van der Waals surface area contributed by atoms with Gasteiger partial charge in [-0.2, -0.15) is 0 Å². The zero-order valence-corrected chi connectivity index (χ0v) is 13.3. The molecule has 1 aliphatic rings. The molecule has 118 valence electrons. The van der Waals surface area contributed by atoms with E-state index in [9.17, 15) is 14.7 Å². The number of amides is 1. The van der Waals surface area contributed by atoms with E-state index in [0.29, 0.717) is 17.1 Å². The summed E-state index contributed by atoms with van der Waals surface area (Å²) >= 11 is 6.10. The quantitative estimate of drug-likeness (QED) is 0.930. The Hall–Kier alpha value is -2.33. The van der Waals surface area contributed by atoms with Gasteiger partial charge in [0.05, 0.1) is 5.92 Å². The molecule has 0 radical (unpaired) electrons. The fourth-order valence-electron chi connectivity index (χ4n) is 3.12. The van der Waals surface area contributed by atoms with E-state index in [1.54, 1.807) is 25.1 Å². The summed E-state index contributed by atoms with van der Waals surface area (Å²) in [5, 5.41) is 10.00. The van der Waals surface area contributed by atoms with Crippen molar-refractivity contribution < 1.29 is 14.7 Å². The van der Waals surface area contributed by atoms with Crippen molar-refractivity contribution in [2.24, 2.45) is 0 Å². The summed E-state index contributed by atoms with van der Waals surface area (Å²) in [6.45, 7) is 1.76. The highest BCUT2D eigenvalue weighted by molar-refractivity contribution is 6.31. The molecule has 1 aliphatic heterocycles. The highest BCUT2D eigenvalue weighted by atomic mass is 35.5. The van der Waals surface area contributed by atoms with Crippen LogP contribution in [0.25, 0.3) is 0 Å². The Labute approximate surface area is 139 Å². The molecule has 2 unspecified atom stereocenters. The minimum Gasteiger partial charge on any atom is -0.480 e. The van der Waals surface area contributed by atoms with Gasteiger partial charge < -0.3 is 5.11 Å². The average molecular weight is 330 g/mol. The number of nitrogens with zero attached hydrogens (tertiary/aromatic N) is 1. The predicted molar refractivity (Wildman–Crippen MR) is 88.9 cm³/mol. The first kappa shape index (κ1) is 15.6. The normalized spacial score (nSPS) is 17.9. The lowest BCUT2D eigenvalue weighted by Gasteiger charge is -2.24. The molecule has 23 heavy (non-hydrogen) atoms. The van der Waals surface area contributed by atoms with Gasteiger partial charge in [0, 0.05) is 10.7 Å². The van der Waals surface area contributed by atoms with Gasteiger partial charge in [0.1, 0.15) is 6.04 Å². The number of hydrogen-bond acceptors (Lipinski definition) is 2. The minimum absolute atomic E-state index is 0.220. The van der Waals surface area contributed by atoms with E-state index in [1.807, 2.05) is 30.3 Å². The molecule has 1 amide bonds. The van der Waals surface area contributed by atoms with Crippen LogP contribution in [0.4, 0.5) is 5.69 Å². The summed E-state index contributed by atoms with van der Waals surface area (Å²) in [4.78, 5) is 26.0. The lowest BCUT2D eigenvalue weighted by Crippen LogP contribution is -2.43. The second-order valence-corrected chi connectivity index (χ2v) is 5.95. The third-order valence-electron chi connectivity index (χ3n) is 4.16. The van der Waals surface area contributed by atoms with E-state index >= 15 is 0 Å². The molecule has 2 aromatic carbocycles. The second-order valence-electron chi connectivity index (χ2n) is 5.52. The molecular weight excluding hydrogens is 314 g/mol. The van der Waals surface area contributed by atoms with Crippen LogP contribution in [-0.2, 0) is 9.59 Å². The highest BCUT2D eigenvalue weighted by Crippen LogP contribution is 2.43. The predicted octanol–water partition coefficient (Wildman–Crippen LogP) is 3.68. The number of aliphatic carboxylic acids is 1. The minimum atomic E-state index is -1.00. The van der Waals surface area contributed by atoms with Crippen molar-refractivity contribution in [3.05, 3.63) is 64.7 Å². The van der Waals surface area contributed by atoms with Crippen LogP contribution in [0.2, 0.25) is 5.02 Å². The van der Waals surface area contributed by atoms with Gasteiger partial charge in [-0.1, -0.05) is 48.9 Å². The standard InChI is InChI=1S/C18H16ClNO3/c1-2-14(18(22)23)20-15-9-8-12(19)10-13(15)16(17(20)21)11-6-4-3-5-7-11/h3-10,14,16H,2H2,1H3,(H,22,23). The lowest BCUT2D eigenvalue weighted by atomic mass is 9.93. The molecule has 0 aliphatic carbocycles. The number of carbonyl (C=O) groups is 2. The number of benzene rings is 2. The molecule has 5 heteroatoms. The van der Waals surface area contributed by atoms with Gasteiger partial charge in [0.2, 0.25) is 5.91 Å². The largest absolute Gasteiger partial charge is 0.480 e. The van der Waals surface area contributed by atoms with Crippen LogP contribution in [0.1, 0.15) is 30.4 Å². The number of hydrogen-bond donors (Lipinski definition) is 1. The second kappa shape index (κ2) is 6.05. The van der Waals surface area contributed by atoms with Crippen molar-refractivity contribution in [2.45, 2.75) is 25.3 Å². The first-order chi connectivity index (χ1) is 11.0. The first-order valence-electron chi connectivity index (χ1n) is 7.45. The van der Waals surface area contributed by atoms with E-state index in [4.69, 9.17) is 11.6 Å². The van der Waals surface area contributed by atoms with Gasteiger partial charge in [0.25, 0.3) is 0 Å². The highest BCUT2D eigenvalue weighted by Gasteiger charge is 2.43. The molecule has 0 fully saturated rings. The fourth-order valence-corrected chi connectivity index (χ4v) is 3.30. The fraction of sp³-hybridized carbons (Fsp3) is 0.222. The van der Waals surface area contributed by atoms with Gasteiger partial charge in [0.15, 0.2) is 0 Å². The maximum absolute atomic E-state index is 13.0. The number of halogens is 1. The zero-order valence-electron chi connectivity index (χ0n) is 12.6. The van der Waals surface area contributed by atoms with Crippen molar-refractivity contribution in [1.82, 2.24) is 0 Å². The summed E-state index contributed by atoms with van der Waals surface area (Å²) in [6, 6.07) is 13.6. The number of carbonyl (C=O) groups excluding carboxylic acids is 1. The molecule has 1 N–H and O–H groups in total. The van der Waals surface area contributed by atoms with E-state index in [0.717, 1.165) is 11.1 Å². The van der Waals surface area contributed by atoms with Crippen LogP contribution >= 0.6 is 11.6 Å². The molecule has 0 saturated heterocycles. The lowest BCUT2D eigenvalue weighted by molar-refractivity contribution is -0.140. The SMILES string of the molecule is CCC(C(=O)O)N1C(=O)C(c2ccccc2)c2cc(Cl)ccc21. The van der Waals surface area contributed by atoms with Crippen LogP contribution in [0.5, 0.6) is 0 Å². The molecule has 4 nitrogen and oxygen atoms in total. The van der Waals surface area contributed by atoms with E-state index in [1.165, 1.54) is 4.90 Å². The molecule has 0 saturated carbocycles. The van der Waals surface area contributed by atoms with Gasteiger partial charge in [-0.25, -0.2) is 4.79 Å². The van der Waals surface area contributed by atoms with Crippen molar-refractivity contribution in [2.75, 3.05) is 4.90 Å². The smallest absolute Gasteiger partial charge is 0.326 e. The van der Waals surface area contributed by atoms with Crippen molar-refractivity contribution in [1.29, 1.82) is 0 Å². The van der Waals surface area contributed by atoms with Crippen molar-refractivity contribution in [3.63, 3.8) is 0 Å². The number of rotatable bonds is 4. The third kappa shape index (κ3) is 2.59. The Morgan fingerprint density at radius 3 is 2.57 bits per heavy atom. The van der Waals surface area contributed by atoms with Gasteiger partial charge in [-0.3, -0.25) is 9.69 Å². The Kier molecular flexibility index (Phi) is 4.09. The third-order valence-corrected chi connectivity index (χ3v) is 4.40. The molecule has 2 atom stereocenters. The number of carboxylic acids is 1. The van der Waals surface area contributed by atoms with Crippen molar-refractivity contribution >= 4 is 29.2 Å².